The fourth-order valence-electron chi connectivity index (χ4n) is 1.50. The van der Waals surface area contributed by atoms with Crippen LogP contribution in [0.4, 0.5) is 11.4 Å². The van der Waals surface area contributed by atoms with Gasteiger partial charge in [-0.15, -0.1) is 0 Å². The van der Waals surface area contributed by atoms with Gasteiger partial charge in [0.05, 0.1) is 11.5 Å². The van der Waals surface area contributed by atoms with Crippen LogP contribution in [0.25, 0.3) is 0 Å². The zero-order valence-corrected chi connectivity index (χ0v) is 10.7. The van der Waals surface area contributed by atoms with Crippen molar-refractivity contribution in [2.45, 2.75) is 13.3 Å². The van der Waals surface area contributed by atoms with Gasteiger partial charge >= 0.3 is 5.69 Å². The molecule has 1 rings (SSSR count). The highest BCUT2D eigenvalue weighted by Crippen LogP contribution is 2.34. The van der Waals surface area contributed by atoms with Crippen LogP contribution in [0.1, 0.15) is 13.3 Å². The molecule has 0 spiro atoms. The van der Waals surface area contributed by atoms with Gasteiger partial charge in [0, 0.05) is 13.1 Å². The smallest absolute Gasteiger partial charge is 0.333 e. The molecular weight excluding hydrogens is 234 g/mol. The number of ether oxygens (including phenoxy) is 1. The highest BCUT2D eigenvalue weighted by atomic mass is 16.6. The average molecular weight is 253 g/mol. The van der Waals surface area contributed by atoms with Crippen LogP contribution in [-0.4, -0.2) is 31.7 Å². The first kappa shape index (κ1) is 14.2. The molecule has 100 valence electrons. The van der Waals surface area contributed by atoms with Crippen molar-refractivity contribution >= 4 is 11.4 Å². The summed E-state index contributed by atoms with van der Waals surface area (Å²) in [4.78, 5) is 10.7. The highest BCUT2D eigenvalue weighted by Gasteiger charge is 2.20. The van der Waals surface area contributed by atoms with Crippen molar-refractivity contribution in [3.63, 3.8) is 0 Å². The first-order chi connectivity index (χ1) is 8.70. The number of rotatable bonds is 8. The van der Waals surface area contributed by atoms with Gasteiger partial charge in [-0.3, -0.25) is 10.1 Å². The average Bonchev–Trinajstić information content (AvgIpc) is 2.36. The zero-order chi connectivity index (χ0) is 13.4. The van der Waals surface area contributed by atoms with Crippen LogP contribution in [0, 0.1) is 10.1 Å². The fraction of sp³-hybridized carbons (Fsp3) is 0.500. The van der Waals surface area contributed by atoms with Crippen molar-refractivity contribution < 1.29 is 9.66 Å². The van der Waals surface area contributed by atoms with Gasteiger partial charge in [0.15, 0.2) is 5.75 Å². The minimum absolute atomic E-state index is 0.00190. The van der Waals surface area contributed by atoms with Gasteiger partial charge < -0.3 is 15.4 Å². The number of likely N-dealkylation sites (N-methyl/N-ethyl adjacent to an activating group) is 1. The largest absolute Gasteiger partial charge is 0.487 e. The standard InChI is InChI=1S/C12H19N3O3/c1-3-9-18-11-6-4-5-10(12(11)15(16)17)14-8-7-13-2/h4-6,13-14H,3,7-9H2,1-2H3. The Labute approximate surface area is 106 Å². The molecule has 0 unspecified atom stereocenters. The number of nitrogens with one attached hydrogen (secondary N) is 2. The van der Waals surface area contributed by atoms with E-state index in [1.54, 1.807) is 18.2 Å². The second kappa shape index (κ2) is 7.50. The lowest BCUT2D eigenvalue weighted by Gasteiger charge is -2.10. The zero-order valence-electron chi connectivity index (χ0n) is 10.7. The lowest BCUT2D eigenvalue weighted by atomic mass is 10.2. The van der Waals surface area contributed by atoms with Crippen LogP contribution < -0.4 is 15.4 Å². The molecule has 0 aliphatic heterocycles. The number of nitro groups is 1. The third kappa shape index (κ3) is 3.89. The highest BCUT2D eigenvalue weighted by molar-refractivity contribution is 5.68. The monoisotopic (exact) mass is 253 g/mol. The molecule has 0 aromatic heterocycles. The van der Waals surface area contributed by atoms with Crippen LogP contribution in [0.15, 0.2) is 18.2 Å². The summed E-state index contributed by atoms with van der Waals surface area (Å²) in [6.45, 7) is 3.79. The van der Waals surface area contributed by atoms with Crippen molar-refractivity contribution in [3.05, 3.63) is 28.3 Å². The molecule has 0 radical (unpaired) electrons. The van der Waals surface area contributed by atoms with E-state index in [9.17, 15) is 10.1 Å². The molecule has 0 saturated heterocycles. The lowest BCUT2D eigenvalue weighted by Crippen LogP contribution is -2.18. The molecule has 2 N–H and O–H groups in total. The van der Waals surface area contributed by atoms with Gasteiger partial charge in [-0.1, -0.05) is 13.0 Å². The number of anilines is 1. The lowest BCUT2D eigenvalue weighted by molar-refractivity contribution is -0.385. The molecule has 6 heteroatoms. The first-order valence-electron chi connectivity index (χ1n) is 5.99. The Balaban J connectivity index is 2.90. The van der Waals surface area contributed by atoms with Crippen molar-refractivity contribution in [2.75, 3.05) is 32.1 Å². The Morgan fingerprint density at radius 1 is 1.39 bits per heavy atom. The number of nitro benzene ring substituents is 1. The summed E-state index contributed by atoms with van der Waals surface area (Å²) in [5.41, 5.74) is 0.492. The molecule has 18 heavy (non-hydrogen) atoms. The fourth-order valence-corrected chi connectivity index (χ4v) is 1.50. The van der Waals surface area contributed by atoms with Gasteiger partial charge in [-0.2, -0.15) is 0 Å². The van der Waals surface area contributed by atoms with Crippen LogP contribution in [0.2, 0.25) is 0 Å². The van der Waals surface area contributed by atoms with E-state index in [0.29, 0.717) is 24.6 Å². The molecule has 0 bridgehead atoms. The maximum atomic E-state index is 11.1. The molecule has 6 nitrogen and oxygen atoms in total. The summed E-state index contributed by atoms with van der Waals surface area (Å²) in [5, 5.41) is 17.1. The Kier molecular flexibility index (Phi) is 5.93. The van der Waals surface area contributed by atoms with E-state index < -0.39 is 4.92 Å². The maximum Gasteiger partial charge on any atom is 0.333 e. The molecule has 1 aromatic rings. The normalized spacial score (nSPS) is 10.1. The Morgan fingerprint density at radius 3 is 2.78 bits per heavy atom. The Morgan fingerprint density at radius 2 is 2.17 bits per heavy atom. The SMILES string of the molecule is CCCOc1cccc(NCCNC)c1[N+](=O)[O-]. The number of benzene rings is 1. The molecule has 0 fully saturated rings. The number of para-hydroxylation sites is 1. The van der Waals surface area contributed by atoms with Crippen LogP contribution in [-0.2, 0) is 0 Å². The third-order valence-corrected chi connectivity index (χ3v) is 2.33. The maximum absolute atomic E-state index is 11.1. The van der Waals surface area contributed by atoms with E-state index >= 15 is 0 Å². The molecule has 0 saturated carbocycles. The summed E-state index contributed by atoms with van der Waals surface area (Å²) in [5.74, 6) is 0.316. The molecule has 0 atom stereocenters. The van der Waals surface area contributed by atoms with E-state index in [0.717, 1.165) is 13.0 Å². The van der Waals surface area contributed by atoms with Gasteiger partial charge in [-0.05, 0) is 25.6 Å². The van der Waals surface area contributed by atoms with Crippen molar-refractivity contribution in [1.29, 1.82) is 0 Å². The number of nitrogens with zero attached hydrogens (tertiary/aromatic N) is 1. The van der Waals surface area contributed by atoms with Crippen LogP contribution in [0.5, 0.6) is 5.75 Å². The molecule has 0 amide bonds. The minimum atomic E-state index is -0.410. The minimum Gasteiger partial charge on any atom is -0.487 e. The van der Waals surface area contributed by atoms with Gasteiger partial charge in [0.2, 0.25) is 0 Å². The second-order valence-electron chi connectivity index (χ2n) is 3.79. The van der Waals surface area contributed by atoms with E-state index in [1.807, 2.05) is 14.0 Å². The predicted molar refractivity (Wildman–Crippen MR) is 71.3 cm³/mol. The first-order valence-corrected chi connectivity index (χ1v) is 5.99. The molecular formula is C12H19N3O3. The summed E-state index contributed by atoms with van der Waals surface area (Å²) >= 11 is 0. The van der Waals surface area contributed by atoms with E-state index in [-0.39, 0.29) is 5.69 Å². The van der Waals surface area contributed by atoms with E-state index in [1.165, 1.54) is 0 Å². The Hall–Kier alpha value is -1.82. The number of hydrogen-bond donors (Lipinski definition) is 2. The quantitative estimate of drug-likeness (QED) is 0.421. The summed E-state index contributed by atoms with van der Waals surface area (Å²) in [6, 6.07) is 5.06. The van der Waals surface area contributed by atoms with Crippen molar-refractivity contribution in [1.82, 2.24) is 5.32 Å². The molecule has 0 aliphatic carbocycles. The summed E-state index contributed by atoms with van der Waals surface area (Å²) < 4.78 is 5.40. The van der Waals surface area contributed by atoms with Crippen LogP contribution in [0.3, 0.4) is 0 Å². The second-order valence-corrected chi connectivity index (χ2v) is 3.79. The predicted octanol–water partition coefficient (Wildman–Crippen LogP) is 2.01. The number of hydrogen-bond acceptors (Lipinski definition) is 5. The molecule has 0 aliphatic rings. The van der Waals surface area contributed by atoms with Crippen LogP contribution >= 0.6 is 0 Å². The summed E-state index contributed by atoms with van der Waals surface area (Å²) in [6.07, 6.45) is 0.814. The molecule has 0 heterocycles. The van der Waals surface area contributed by atoms with Crippen molar-refractivity contribution in [3.8, 4) is 5.75 Å². The summed E-state index contributed by atoms with van der Waals surface area (Å²) in [7, 11) is 1.83. The molecule has 1 aromatic carbocycles. The van der Waals surface area contributed by atoms with E-state index in [4.69, 9.17) is 4.74 Å². The van der Waals surface area contributed by atoms with Gasteiger partial charge in [0.1, 0.15) is 5.69 Å². The third-order valence-electron chi connectivity index (χ3n) is 2.33. The Bertz CT molecular complexity index is 396. The van der Waals surface area contributed by atoms with Gasteiger partial charge in [-0.25, -0.2) is 0 Å². The van der Waals surface area contributed by atoms with E-state index in [2.05, 4.69) is 10.6 Å². The topological polar surface area (TPSA) is 76.4 Å². The van der Waals surface area contributed by atoms with Gasteiger partial charge in [0.25, 0.3) is 0 Å². The van der Waals surface area contributed by atoms with Crippen molar-refractivity contribution in [2.24, 2.45) is 0 Å².